The molecule has 0 unspecified atom stereocenters. The molecule has 2 aromatic carbocycles. The Morgan fingerprint density at radius 3 is 2.71 bits per heavy atom. The van der Waals surface area contributed by atoms with E-state index < -0.39 is 0 Å². The van der Waals surface area contributed by atoms with Crippen LogP contribution >= 0.6 is 11.6 Å². The second kappa shape index (κ2) is 3.90. The Hall–Kier alpha value is -1.80. The molecule has 3 heteroatoms. The molecule has 0 spiro atoms. The molecule has 3 aromatic rings. The zero-order valence-corrected chi connectivity index (χ0v) is 9.63. The summed E-state index contributed by atoms with van der Waals surface area (Å²) < 4.78 is 13.9. The average Bonchev–Trinajstić information content (AvgIpc) is 2.77. The van der Waals surface area contributed by atoms with Gasteiger partial charge in [0.1, 0.15) is 5.82 Å². The molecule has 0 saturated carbocycles. The lowest BCUT2D eigenvalue weighted by Gasteiger charge is -2.05. The number of hydrogen-bond donors (Lipinski definition) is 1. The van der Waals surface area contributed by atoms with Gasteiger partial charge in [0.15, 0.2) is 0 Å². The number of aromatic amines is 1. The van der Waals surface area contributed by atoms with E-state index in [1.807, 2.05) is 30.5 Å². The van der Waals surface area contributed by atoms with E-state index in [0.29, 0.717) is 10.6 Å². The number of hydrogen-bond acceptors (Lipinski definition) is 0. The lowest BCUT2D eigenvalue weighted by atomic mass is 10.0. The van der Waals surface area contributed by atoms with E-state index in [4.69, 9.17) is 11.6 Å². The van der Waals surface area contributed by atoms with E-state index in [0.717, 1.165) is 16.5 Å². The number of fused-ring (bicyclic) bond motifs is 1. The van der Waals surface area contributed by atoms with Gasteiger partial charge in [-0.1, -0.05) is 23.7 Å². The van der Waals surface area contributed by atoms with Crippen LogP contribution in [0.2, 0.25) is 5.02 Å². The van der Waals surface area contributed by atoms with Crippen LogP contribution in [0.1, 0.15) is 0 Å². The molecule has 1 heterocycles. The number of halogens is 2. The van der Waals surface area contributed by atoms with Crippen molar-refractivity contribution in [2.75, 3.05) is 0 Å². The number of nitrogens with one attached hydrogen (secondary N) is 1. The van der Waals surface area contributed by atoms with Gasteiger partial charge in [0.05, 0.1) is 0 Å². The van der Waals surface area contributed by atoms with Crippen molar-refractivity contribution in [3.05, 3.63) is 59.5 Å². The number of H-pyrrole nitrogens is 1. The van der Waals surface area contributed by atoms with Gasteiger partial charge in [-0.15, -0.1) is 0 Å². The summed E-state index contributed by atoms with van der Waals surface area (Å²) in [5.41, 5.74) is 2.44. The third-order valence-electron chi connectivity index (χ3n) is 2.82. The van der Waals surface area contributed by atoms with Crippen molar-refractivity contribution in [1.82, 2.24) is 4.98 Å². The third kappa shape index (κ3) is 1.71. The minimum atomic E-state index is -0.300. The third-order valence-corrected chi connectivity index (χ3v) is 3.05. The van der Waals surface area contributed by atoms with E-state index in [1.54, 1.807) is 12.1 Å². The molecule has 0 fully saturated rings. The maximum absolute atomic E-state index is 13.9. The fourth-order valence-corrected chi connectivity index (χ4v) is 2.19. The first-order valence-electron chi connectivity index (χ1n) is 5.27. The van der Waals surface area contributed by atoms with Gasteiger partial charge in [0, 0.05) is 27.7 Å². The summed E-state index contributed by atoms with van der Waals surface area (Å²) >= 11 is 5.76. The van der Waals surface area contributed by atoms with Gasteiger partial charge in [-0.2, -0.15) is 0 Å². The monoisotopic (exact) mass is 245 g/mol. The van der Waals surface area contributed by atoms with Gasteiger partial charge < -0.3 is 4.98 Å². The first-order valence-corrected chi connectivity index (χ1v) is 5.65. The van der Waals surface area contributed by atoms with Crippen molar-refractivity contribution in [2.45, 2.75) is 0 Å². The zero-order valence-electron chi connectivity index (χ0n) is 8.87. The highest BCUT2D eigenvalue weighted by atomic mass is 35.5. The molecule has 0 bridgehead atoms. The molecule has 3 rings (SSSR count). The number of aromatic nitrogens is 1. The summed E-state index contributed by atoms with van der Waals surface area (Å²) in [5.74, 6) is -0.300. The molecule has 0 amide bonds. The van der Waals surface area contributed by atoms with Gasteiger partial charge in [0.25, 0.3) is 0 Å². The molecular formula is C14H9ClFN. The Bertz CT molecular complexity index is 688. The van der Waals surface area contributed by atoms with Crippen LogP contribution in [0.3, 0.4) is 0 Å². The quantitative estimate of drug-likeness (QED) is 0.644. The maximum Gasteiger partial charge on any atom is 0.132 e. The molecule has 0 aliphatic rings. The van der Waals surface area contributed by atoms with Crippen LogP contribution in [-0.4, -0.2) is 4.98 Å². The van der Waals surface area contributed by atoms with Crippen LogP contribution in [-0.2, 0) is 0 Å². The molecule has 17 heavy (non-hydrogen) atoms. The van der Waals surface area contributed by atoms with Crippen molar-refractivity contribution in [2.24, 2.45) is 0 Å². The summed E-state index contributed by atoms with van der Waals surface area (Å²) in [4.78, 5) is 3.11. The lowest BCUT2D eigenvalue weighted by molar-refractivity contribution is 0.631. The molecular weight excluding hydrogens is 237 g/mol. The average molecular weight is 246 g/mol. The predicted octanol–water partition coefficient (Wildman–Crippen LogP) is 4.63. The van der Waals surface area contributed by atoms with E-state index in [9.17, 15) is 4.39 Å². The standard InChI is InChI=1S/C14H9ClFN/c15-9-4-5-11(13(16)8-9)10-2-1-3-14-12(10)6-7-17-14/h1-8,17H. The lowest BCUT2D eigenvalue weighted by Crippen LogP contribution is -1.85. The van der Waals surface area contributed by atoms with Crippen molar-refractivity contribution >= 4 is 22.5 Å². The Morgan fingerprint density at radius 2 is 1.88 bits per heavy atom. The predicted molar refractivity (Wildman–Crippen MR) is 68.7 cm³/mol. The van der Waals surface area contributed by atoms with Crippen molar-refractivity contribution in [3.63, 3.8) is 0 Å². The Kier molecular flexibility index (Phi) is 2.37. The van der Waals surface area contributed by atoms with Gasteiger partial charge in [-0.25, -0.2) is 4.39 Å². The Morgan fingerprint density at radius 1 is 1.00 bits per heavy atom. The largest absolute Gasteiger partial charge is 0.361 e. The van der Waals surface area contributed by atoms with Crippen LogP contribution in [0.5, 0.6) is 0 Å². The fraction of sp³-hybridized carbons (Fsp3) is 0. The Balaban J connectivity index is 2.30. The highest BCUT2D eigenvalue weighted by Gasteiger charge is 2.09. The molecule has 1 nitrogen and oxygen atoms in total. The molecule has 0 saturated heterocycles. The number of rotatable bonds is 1. The minimum Gasteiger partial charge on any atom is -0.361 e. The van der Waals surface area contributed by atoms with Crippen LogP contribution in [0.15, 0.2) is 48.7 Å². The SMILES string of the molecule is Fc1cc(Cl)ccc1-c1cccc2[nH]ccc12. The molecule has 0 radical (unpaired) electrons. The smallest absolute Gasteiger partial charge is 0.132 e. The van der Waals surface area contributed by atoms with Crippen LogP contribution < -0.4 is 0 Å². The normalized spacial score (nSPS) is 10.9. The summed E-state index contributed by atoms with van der Waals surface area (Å²) in [5, 5.41) is 1.42. The van der Waals surface area contributed by atoms with Crippen molar-refractivity contribution in [3.8, 4) is 11.1 Å². The Labute approximate surface area is 103 Å². The summed E-state index contributed by atoms with van der Waals surface area (Å²) in [7, 11) is 0. The van der Waals surface area contributed by atoms with Crippen LogP contribution in [0.4, 0.5) is 4.39 Å². The van der Waals surface area contributed by atoms with Gasteiger partial charge in [-0.3, -0.25) is 0 Å². The highest BCUT2D eigenvalue weighted by Crippen LogP contribution is 2.31. The van der Waals surface area contributed by atoms with Gasteiger partial charge in [0.2, 0.25) is 0 Å². The second-order valence-corrected chi connectivity index (χ2v) is 4.31. The van der Waals surface area contributed by atoms with Crippen LogP contribution in [0.25, 0.3) is 22.0 Å². The minimum absolute atomic E-state index is 0.300. The molecule has 0 aliphatic heterocycles. The first kappa shape index (κ1) is 10.4. The first-order chi connectivity index (χ1) is 8.25. The molecule has 1 aromatic heterocycles. The molecule has 0 atom stereocenters. The highest BCUT2D eigenvalue weighted by molar-refractivity contribution is 6.30. The fourth-order valence-electron chi connectivity index (χ4n) is 2.03. The van der Waals surface area contributed by atoms with Crippen molar-refractivity contribution in [1.29, 1.82) is 0 Å². The number of benzene rings is 2. The summed E-state index contributed by atoms with van der Waals surface area (Å²) in [6, 6.07) is 12.5. The molecule has 84 valence electrons. The van der Waals surface area contributed by atoms with E-state index in [-0.39, 0.29) is 5.82 Å². The topological polar surface area (TPSA) is 15.8 Å². The second-order valence-electron chi connectivity index (χ2n) is 3.87. The maximum atomic E-state index is 13.9. The van der Waals surface area contributed by atoms with E-state index >= 15 is 0 Å². The van der Waals surface area contributed by atoms with Crippen molar-refractivity contribution < 1.29 is 4.39 Å². The zero-order chi connectivity index (χ0) is 11.8. The van der Waals surface area contributed by atoms with Gasteiger partial charge in [-0.05, 0) is 35.9 Å². The van der Waals surface area contributed by atoms with E-state index in [2.05, 4.69) is 4.98 Å². The van der Waals surface area contributed by atoms with E-state index in [1.165, 1.54) is 6.07 Å². The summed E-state index contributed by atoms with van der Waals surface area (Å²) in [6.07, 6.45) is 1.85. The molecule has 1 N–H and O–H groups in total. The van der Waals surface area contributed by atoms with Gasteiger partial charge >= 0.3 is 0 Å². The summed E-state index contributed by atoms with van der Waals surface area (Å²) in [6.45, 7) is 0. The van der Waals surface area contributed by atoms with Crippen LogP contribution in [0, 0.1) is 5.82 Å². The molecule has 0 aliphatic carbocycles.